The number of rotatable bonds is 6. The molecule has 2 saturated heterocycles. The number of hydrogen-bond acceptors (Lipinski definition) is 10. The summed E-state index contributed by atoms with van der Waals surface area (Å²) in [7, 11) is 0. The topological polar surface area (TPSA) is 108 Å². The zero-order chi connectivity index (χ0) is 24.2. The fourth-order valence-corrected chi connectivity index (χ4v) is 6.37. The van der Waals surface area contributed by atoms with Crippen LogP contribution in [0.2, 0.25) is 0 Å². The molecule has 2 N–H and O–H groups in total. The second-order valence-electron chi connectivity index (χ2n) is 9.37. The minimum absolute atomic E-state index is 0.204. The second kappa shape index (κ2) is 8.47. The van der Waals surface area contributed by atoms with E-state index in [9.17, 15) is 5.11 Å². The normalized spacial score (nSPS) is 19.7. The molecule has 2 aliphatic rings. The summed E-state index contributed by atoms with van der Waals surface area (Å²) < 4.78 is 2.88. The Kier molecular flexibility index (Phi) is 5.08. The molecule has 2 fully saturated rings. The first-order chi connectivity index (χ1) is 17.6. The largest absolute Gasteiger partial charge is 0.395 e. The molecule has 0 radical (unpaired) electrons. The molecule has 7 heterocycles. The first-order valence-electron chi connectivity index (χ1n) is 12.1. The van der Waals surface area contributed by atoms with Crippen molar-refractivity contribution in [1.29, 1.82) is 0 Å². The lowest BCUT2D eigenvalue weighted by Gasteiger charge is -2.34. The molecule has 0 aliphatic carbocycles. The highest BCUT2D eigenvalue weighted by molar-refractivity contribution is 7.21. The number of piperazine rings is 1. The standard InChI is InChI=1S/C25H25N9OS/c1-15-9-23(31-25(28-15)33-14-16-10-17(33)13-32(16)7-8-35)30-22-11-19-21(12-26-22)36-24(29-19)18-3-2-6-34-20(18)4-5-27-34/h2-6,9,11-12,16-17,35H,7-8,10,13-14H2,1H3,(H,26,28,30,31)/t16-,17-/m0/s1. The van der Waals surface area contributed by atoms with Crippen molar-refractivity contribution in [3.05, 3.63) is 54.6 Å². The van der Waals surface area contributed by atoms with E-state index in [1.165, 1.54) is 0 Å². The molecule has 7 rings (SSSR count). The van der Waals surface area contributed by atoms with Gasteiger partial charge in [0.25, 0.3) is 0 Å². The number of thiazole rings is 1. The smallest absolute Gasteiger partial charge is 0.227 e. The summed E-state index contributed by atoms with van der Waals surface area (Å²) in [6.45, 7) is 4.77. The van der Waals surface area contributed by atoms with Gasteiger partial charge in [-0.25, -0.2) is 19.5 Å². The summed E-state index contributed by atoms with van der Waals surface area (Å²) in [5.74, 6) is 2.17. The molecule has 11 heteroatoms. The molecule has 182 valence electrons. The van der Waals surface area contributed by atoms with Gasteiger partial charge in [-0.3, -0.25) is 4.90 Å². The third-order valence-electron chi connectivity index (χ3n) is 7.04. The van der Waals surface area contributed by atoms with Crippen molar-refractivity contribution in [2.24, 2.45) is 0 Å². The van der Waals surface area contributed by atoms with Crippen molar-refractivity contribution >= 4 is 44.7 Å². The number of fused-ring (bicyclic) bond motifs is 4. The van der Waals surface area contributed by atoms with Gasteiger partial charge in [0.05, 0.1) is 28.5 Å². The molecule has 0 aromatic carbocycles. The maximum absolute atomic E-state index is 9.31. The predicted octanol–water partition coefficient (Wildman–Crippen LogP) is 3.10. The van der Waals surface area contributed by atoms with Crippen LogP contribution in [0.25, 0.3) is 26.3 Å². The number of pyridine rings is 2. The second-order valence-corrected chi connectivity index (χ2v) is 10.4. The lowest BCUT2D eigenvalue weighted by molar-refractivity contribution is 0.176. The number of aliphatic hydroxyl groups is 1. The van der Waals surface area contributed by atoms with E-state index < -0.39 is 0 Å². The molecule has 0 unspecified atom stereocenters. The molecule has 0 amide bonds. The van der Waals surface area contributed by atoms with E-state index in [0.29, 0.717) is 17.9 Å². The number of nitrogens with one attached hydrogen (secondary N) is 1. The fraction of sp³-hybridized carbons (Fsp3) is 0.320. The van der Waals surface area contributed by atoms with Crippen LogP contribution in [0.15, 0.2) is 48.9 Å². The molecular formula is C25H25N9OS. The highest BCUT2D eigenvalue weighted by Gasteiger charge is 2.43. The molecule has 2 aliphatic heterocycles. The number of nitrogens with zero attached hydrogens (tertiary/aromatic N) is 8. The van der Waals surface area contributed by atoms with Crippen LogP contribution < -0.4 is 10.2 Å². The van der Waals surface area contributed by atoms with Crippen molar-refractivity contribution in [2.75, 3.05) is 36.5 Å². The van der Waals surface area contributed by atoms with E-state index >= 15 is 0 Å². The van der Waals surface area contributed by atoms with Crippen LogP contribution in [0, 0.1) is 6.92 Å². The summed E-state index contributed by atoms with van der Waals surface area (Å²) in [4.78, 5) is 23.7. The molecule has 5 aromatic rings. The highest BCUT2D eigenvalue weighted by Crippen LogP contribution is 2.35. The SMILES string of the molecule is Cc1cc(Nc2cc3nc(-c4cccn5nccc45)sc3cn2)nc(N2C[C@@H]3C[C@H]2CN3CCO)n1. The van der Waals surface area contributed by atoms with Crippen LogP contribution in [-0.2, 0) is 0 Å². The Hall–Kier alpha value is -3.67. The Balaban J connectivity index is 1.15. The van der Waals surface area contributed by atoms with Gasteiger partial charge in [-0.1, -0.05) is 0 Å². The van der Waals surface area contributed by atoms with E-state index in [1.807, 2.05) is 48.1 Å². The van der Waals surface area contributed by atoms with Gasteiger partial charge in [-0.15, -0.1) is 11.3 Å². The van der Waals surface area contributed by atoms with Crippen molar-refractivity contribution in [1.82, 2.24) is 34.4 Å². The highest BCUT2D eigenvalue weighted by atomic mass is 32.1. The summed E-state index contributed by atoms with van der Waals surface area (Å²) in [6.07, 6.45) is 6.69. The van der Waals surface area contributed by atoms with Crippen LogP contribution in [0.5, 0.6) is 0 Å². The Bertz CT molecular complexity index is 1580. The summed E-state index contributed by atoms with van der Waals surface area (Å²) >= 11 is 1.62. The molecule has 0 spiro atoms. The number of likely N-dealkylation sites (tertiary alicyclic amines) is 1. The van der Waals surface area contributed by atoms with Gasteiger partial charge in [0.2, 0.25) is 5.95 Å². The van der Waals surface area contributed by atoms with Gasteiger partial charge in [-0.05, 0) is 31.5 Å². The van der Waals surface area contributed by atoms with Gasteiger partial charge in [0.1, 0.15) is 16.6 Å². The number of hydrogen-bond donors (Lipinski definition) is 2. The lowest BCUT2D eigenvalue weighted by Crippen LogP contribution is -2.47. The van der Waals surface area contributed by atoms with Gasteiger partial charge in [0, 0.05) is 67.5 Å². The zero-order valence-corrected chi connectivity index (χ0v) is 20.6. The predicted molar refractivity (Wildman–Crippen MR) is 140 cm³/mol. The number of β-amino-alcohol motifs (C(OH)–C–C–N with tert-alkyl or cyclic N) is 1. The Morgan fingerprint density at radius 2 is 2.06 bits per heavy atom. The molecule has 36 heavy (non-hydrogen) atoms. The maximum Gasteiger partial charge on any atom is 0.227 e. The van der Waals surface area contributed by atoms with E-state index in [2.05, 4.69) is 31.3 Å². The number of aryl methyl sites for hydroxylation is 1. The van der Waals surface area contributed by atoms with E-state index in [1.54, 1.807) is 17.5 Å². The Morgan fingerprint density at radius 1 is 1.11 bits per heavy atom. The van der Waals surface area contributed by atoms with Crippen LogP contribution in [0.3, 0.4) is 0 Å². The minimum Gasteiger partial charge on any atom is -0.395 e. The summed E-state index contributed by atoms with van der Waals surface area (Å²) in [5, 5.41) is 17.9. The van der Waals surface area contributed by atoms with Gasteiger partial charge >= 0.3 is 0 Å². The Labute approximate surface area is 211 Å². The van der Waals surface area contributed by atoms with Crippen molar-refractivity contribution in [2.45, 2.75) is 25.4 Å². The first-order valence-corrected chi connectivity index (χ1v) is 12.9. The molecule has 0 saturated carbocycles. The van der Waals surface area contributed by atoms with Gasteiger partial charge in [0.15, 0.2) is 0 Å². The average molecular weight is 500 g/mol. The molecular weight excluding hydrogens is 474 g/mol. The van der Waals surface area contributed by atoms with Crippen LogP contribution >= 0.6 is 11.3 Å². The molecule has 10 nitrogen and oxygen atoms in total. The van der Waals surface area contributed by atoms with Crippen molar-refractivity contribution < 1.29 is 5.11 Å². The first kappa shape index (κ1) is 21.6. The van der Waals surface area contributed by atoms with Gasteiger partial charge < -0.3 is 15.3 Å². The van der Waals surface area contributed by atoms with Crippen molar-refractivity contribution in [3.63, 3.8) is 0 Å². The molecule has 5 aromatic heterocycles. The third kappa shape index (κ3) is 3.67. The maximum atomic E-state index is 9.31. The molecule has 2 bridgehead atoms. The third-order valence-corrected chi connectivity index (χ3v) is 8.08. The van der Waals surface area contributed by atoms with Crippen LogP contribution in [0.4, 0.5) is 17.6 Å². The zero-order valence-electron chi connectivity index (χ0n) is 19.7. The lowest BCUT2D eigenvalue weighted by atomic mass is 10.2. The fourth-order valence-electron chi connectivity index (χ4n) is 5.42. The number of aromatic nitrogens is 6. The van der Waals surface area contributed by atoms with Crippen molar-refractivity contribution in [3.8, 4) is 10.6 Å². The van der Waals surface area contributed by atoms with E-state index in [-0.39, 0.29) is 6.61 Å². The molecule has 2 atom stereocenters. The van der Waals surface area contributed by atoms with E-state index in [4.69, 9.17) is 15.0 Å². The minimum atomic E-state index is 0.204. The quantitative estimate of drug-likeness (QED) is 0.364. The van der Waals surface area contributed by atoms with E-state index in [0.717, 1.165) is 69.8 Å². The summed E-state index contributed by atoms with van der Waals surface area (Å²) in [6, 6.07) is 10.8. The monoisotopic (exact) mass is 499 g/mol. The van der Waals surface area contributed by atoms with Crippen LogP contribution in [-0.4, -0.2) is 77.9 Å². The Morgan fingerprint density at radius 3 is 2.92 bits per heavy atom. The van der Waals surface area contributed by atoms with Gasteiger partial charge in [-0.2, -0.15) is 10.1 Å². The summed E-state index contributed by atoms with van der Waals surface area (Å²) in [5.41, 5.74) is 3.88. The van der Waals surface area contributed by atoms with Crippen LogP contribution in [0.1, 0.15) is 12.1 Å². The number of anilines is 3. The average Bonchev–Trinajstić information content (AvgIpc) is 3.66. The number of aliphatic hydroxyl groups excluding tert-OH is 1.